The Labute approximate surface area is 207 Å². The number of benzene rings is 1. The van der Waals surface area contributed by atoms with Crippen LogP contribution in [0.5, 0.6) is 0 Å². The van der Waals surface area contributed by atoms with Crippen molar-refractivity contribution in [3.05, 3.63) is 41.6 Å². The van der Waals surface area contributed by atoms with Crippen LogP contribution in [0.4, 0.5) is 5.69 Å². The molecule has 10 nitrogen and oxygen atoms in total. The normalized spacial score (nSPS) is 15.3. The molecule has 180 valence electrons. The smallest absolute Gasteiger partial charge is 0.248 e. The quantitative estimate of drug-likeness (QED) is 0.256. The molecule has 1 amide bonds. The van der Waals surface area contributed by atoms with E-state index in [1.165, 1.54) is 17.3 Å². The van der Waals surface area contributed by atoms with Crippen LogP contribution in [-0.2, 0) is 23.1 Å². The summed E-state index contributed by atoms with van der Waals surface area (Å²) in [4.78, 5) is 12.4. The first-order valence-corrected chi connectivity index (χ1v) is 12.4. The Morgan fingerprint density at radius 1 is 1.26 bits per heavy atom. The second-order valence-electron chi connectivity index (χ2n) is 8.16. The van der Waals surface area contributed by atoms with Crippen LogP contribution in [0, 0.1) is 13.8 Å². The Bertz CT molecular complexity index is 1170. The molecule has 0 saturated carbocycles. The van der Waals surface area contributed by atoms with E-state index in [0.29, 0.717) is 22.6 Å². The highest BCUT2D eigenvalue weighted by Gasteiger charge is 2.23. The van der Waals surface area contributed by atoms with Gasteiger partial charge in [-0.3, -0.25) is 24.9 Å². The van der Waals surface area contributed by atoms with Crippen LogP contribution in [0.3, 0.4) is 0 Å². The highest BCUT2D eigenvalue weighted by molar-refractivity contribution is 7.99. The van der Waals surface area contributed by atoms with E-state index in [9.17, 15) is 4.79 Å². The molecule has 12 heteroatoms. The monoisotopic (exact) mass is 500 g/mol. The molecule has 3 N–H and O–H groups in total. The van der Waals surface area contributed by atoms with E-state index in [-0.39, 0.29) is 17.8 Å². The first kappa shape index (κ1) is 24.2. The average Bonchev–Trinajstić information content (AvgIpc) is 3.55. The predicted octanol–water partition coefficient (Wildman–Crippen LogP) is 2.58. The van der Waals surface area contributed by atoms with Gasteiger partial charge in [0.1, 0.15) is 5.69 Å². The molecular formula is C22H28N8O2S2. The van der Waals surface area contributed by atoms with Crippen LogP contribution in [-0.4, -0.2) is 54.0 Å². The lowest BCUT2D eigenvalue weighted by Gasteiger charge is -2.15. The summed E-state index contributed by atoms with van der Waals surface area (Å²) in [5.74, 6) is 0.571. The van der Waals surface area contributed by atoms with E-state index in [4.69, 9.17) is 17.0 Å². The number of rotatable bonds is 7. The molecule has 1 aromatic carbocycles. The van der Waals surface area contributed by atoms with Gasteiger partial charge in [0.2, 0.25) is 5.91 Å². The van der Waals surface area contributed by atoms with Crippen molar-refractivity contribution in [3.8, 4) is 11.5 Å². The number of nitrogens with one attached hydrogen (secondary N) is 3. The number of hydrazine groups is 1. The predicted molar refractivity (Wildman–Crippen MR) is 135 cm³/mol. The van der Waals surface area contributed by atoms with Gasteiger partial charge in [0.05, 0.1) is 18.4 Å². The zero-order chi connectivity index (χ0) is 24.1. The molecule has 3 aromatic rings. The summed E-state index contributed by atoms with van der Waals surface area (Å²) in [7, 11) is 1.86. The lowest BCUT2D eigenvalue weighted by molar-refractivity contribution is -0.119. The van der Waals surface area contributed by atoms with E-state index in [1.807, 2.05) is 49.9 Å². The number of thioether (sulfide) groups is 1. The molecule has 4 rings (SSSR count). The highest BCUT2D eigenvalue weighted by Crippen LogP contribution is 2.25. The molecule has 1 aliphatic heterocycles. The summed E-state index contributed by atoms with van der Waals surface area (Å²) in [5.41, 5.74) is 9.23. The fourth-order valence-corrected chi connectivity index (χ4v) is 4.58. The van der Waals surface area contributed by atoms with Crippen LogP contribution in [0.25, 0.3) is 11.5 Å². The largest absolute Gasteiger partial charge is 0.376 e. The Morgan fingerprint density at radius 3 is 2.82 bits per heavy atom. The van der Waals surface area contributed by atoms with Gasteiger partial charge in [0, 0.05) is 25.5 Å². The van der Waals surface area contributed by atoms with Gasteiger partial charge >= 0.3 is 0 Å². The number of ether oxygens (including phenoxy) is 1. The summed E-state index contributed by atoms with van der Waals surface area (Å²) >= 11 is 6.60. The lowest BCUT2D eigenvalue weighted by atomic mass is 10.1. The zero-order valence-electron chi connectivity index (χ0n) is 19.4. The van der Waals surface area contributed by atoms with Crippen molar-refractivity contribution in [1.82, 2.24) is 35.4 Å². The number of amides is 1. The fourth-order valence-electron chi connectivity index (χ4n) is 3.68. The van der Waals surface area contributed by atoms with Crippen LogP contribution in [0.1, 0.15) is 24.0 Å². The van der Waals surface area contributed by atoms with Crippen molar-refractivity contribution in [3.63, 3.8) is 0 Å². The van der Waals surface area contributed by atoms with Crippen molar-refractivity contribution in [2.45, 2.75) is 44.5 Å². The molecule has 0 spiro atoms. The number of anilines is 1. The van der Waals surface area contributed by atoms with Crippen molar-refractivity contribution in [2.75, 3.05) is 17.7 Å². The molecule has 0 radical (unpaired) electrons. The average molecular weight is 501 g/mol. The van der Waals surface area contributed by atoms with Crippen molar-refractivity contribution in [2.24, 2.45) is 7.05 Å². The maximum atomic E-state index is 12.4. The number of hydrogen-bond acceptors (Lipinski definition) is 7. The third-order valence-electron chi connectivity index (χ3n) is 5.35. The molecule has 1 aliphatic rings. The minimum atomic E-state index is -0.235. The van der Waals surface area contributed by atoms with E-state index in [0.717, 1.165) is 36.4 Å². The molecule has 3 heterocycles. The van der Waals surface area contributed by atoms with Gasteiger partial charge in [-0.05, 0) is 56.6 Å². The topological polar surface area (TPSA) is 111 Å². The molecule has 2 aromatic heterocycles. The molecule has 1 atom stereocenters. The van der Waals surface area contributed by atoms with Gasteiger partial charge in [-0.25, -0.2) is 0 Å². The number of aryl methyl sites for hydroxylation is 3. The maximum Gasteiger partial charge on any atom is 0.248 e. The minimum Gasteiger partial charge on any atom is -0.376 e. The van der Waals surface area contributed by atoms with E-state index >= 15 is 0 Å². The van der Waals surface area contributed by atoms with E-state index < -0.39 is 0 Å². The summed E-state index contributed by atoms with van der Waals surface area (Å²) in [6, 6.07) is 7.91. The van der Waals surface area contributed by atoms with Crippen molar-refractivity contribution >= 4 is 40.7 Å². The van der Waals surface area contributed by atoms with Crippen LogP contribution in [0.15, 0.2) is 35.6 Å². The highest BCUT2D eigenvalue weighted by atomic mass is 32.2. The Kier molecular flexibility index (Phi) is 7.80. The number of carbonyl (C=O) groups is 1. The van der Waals surface area contributed by atoms with Gasteiger partial charge < -0.3 is 10.1 Å². The van der Waals surface area contributed by atoms with Gasteiger partial charge in [-0.15, -0.1) is 10.2 Å². The lowest BCUT2D eigenvalue weighted by Crippen LogP contribution is -2.44. The van der Waals surface area contributed by atoms with Gasteiger partial charge in [0.25, 0.3) is 0 Å². The van der Waals surface area contributed by atoms with Crippen LogP contribution >= 0.6 is 24.0 Å². The first-order chi connectivity index (χ1) is 16.4. The van der Waals surface area contributed by atoms with E-state index in [1.54, 1.807) is 4.68 Å². The molecule has 0 aliphatic carbocycles. The van der Waals surface area contributed by atoms with Gasteiger partial charge in [-0.2, -0.15) is 5.10 Å². The second kappa shape index (κ2) is 11.0. The number of carbonyl (C=O) groups excluding carboxylic acids is 1. The molecule has 1 unspecified atom stereocenters. The number of thiocarbonyl (C=S) groups is 1. The Hall–Kier alpha value is -2.96. The summed E-state index contributed by atoms with van der Waals surface area (Å²) < 4.78 is 9.52. The zero-order valence-corrected chi connectivity index (χ0v) is 21.0. The van der Waals surface area contributed by atoms with Crippen molar-refractivity contribution in [1.29, 1.82) is 0 Å². The minimum absolute atomic E-state index is 0.0991. The third kappa shape index (κ3) is 6.13. The first-order valence-electron chi connectivity index (χ1n) is 11.0. The number of hydrogen-bond donors (Lipinski definition) is 3. The molecule has 1 saturated heterocycles. The number of nitrogens with zero attached hydrogens (tertiary/aromatic N) is 5. The van der Waals surface area contributed by atoms with Crippen LogP contribution < -0.4 is 16.2 Å². The summed E-state index contributed by atoms with van der Waals surface area (Å²) in [6.45, 7) is 5.41. The molecule has 34 heavy (non-hydrogen) atoms. The SMILES string of the molecule is Cc1ccc(NC(=S)NNC(=O)CSc2nnc(-c3ccn(C)n3)n2CC2CCCO2)c(C)c1. The van der Waals surface area contributed by atoms with Crippen molar-refractivity contribution < 1.29 is 9.53 Å². The summed E-state index contributed by atoms with van der Waals surface area (Å²) in [5, 5.41) is 17.1. The number of aromatic nitrogens is 5. The Morgan fingerprint density at radius 2 is 2.12 bits per heavy atom. The van der Waals surface area contributed by atoms with Gasteiger partial charge in [0.15, 0.2) is 16.1 Å². The van der Waals surface area contributed by atoms with Crippen LogP contribution in [0.2, 0.25) is 0 Å². The standard InChI is InChI=1S/C22H28N8O2S2/c1-14-6-7-17(15(2)11-14)23-21(33)26-24-19(31)13-34-22-27-25-20(18-8-9-29(3)28-18)30(22)12-16-5-4-10-32-16/h6-9,11,16H,4-5,10,12-13H2,1-3H3,(H,24,31)(H2,23,26,33). The van der Waals surface area contributed by atoms with Gasteiger partial charge in [-0.1, -0.05) is 29.5 Å². The molecule has 0 bridgehead atoms. The maximum absolute atomic E-state index is 12.4. The second-order valence-corrected chi connectivity index (χ2v) is 9.51. The molecule has 1 fully saturated rings. The molecular weight excluding hydrogens is 472 g/mol. The third-order valence-corrected chi connectivity index (χ3v) is 6.52. The van der Waals surface area contributed by atoms with E-state index in [2.05, 4.69) is 37.5 Å². The fraction of sp³-hybridized carbons (Fsp3) is 0.409. The summed E-state index contributed by atoms with van der Waals surface area (Å²) in [6.07, 6.45) is 3.99. The Balaban J connectivity index is 1.34.